The van der Waals surface area contributed by atoms with Crippen LogP contribution in [0.15, 0.2) is 47.6 Å². The maximum atomic E-state index is 13.0. The molecule has 0 radical (unpaired) electrons. The van der Waals surface area contributed by atoms with Gasteiger partial charge in [0.1, 0.15) is 5.88 Å². The molecule has 1 heterocycles. The molecule has 0 spiro atoms. The number of halogens is 4. The molecule has 0 atom stereocenters. The maximum Gasteiger partial charge on any atom is 0.416 e. The number of nitrogens with zero attached hydrogens (tertiary/aromatic N) is 2. The Balaban J connectivity index is 1.97. The highest BCUT2D eigenvalue weighted by Crippen LogP contribution is 2.33. The maximum absolute atomic E-state index is 13.0. The lowest BCUT2D eigenvalue weighted by Gasteiger charge is -2.18. The van der Waals surface area contributed by atoms with Crippen molar-refractivity contribution in [2.24, 2.45) is 5.16 Å². The van der Waals surface area contributed by atoms with E-state index in [9.17, 15) is 22.8 Å². The first-order chi connectivity index (χ1) is 13.2. The summed E-state index contributed by atoms with van der Waals surface area (Å²) in [6.07, 6.45) is -4.48. The SMILES string of the molecule is Cc1ccc2c(c1)/C(=N\OC(=O)CCl)C(=O)N2Cc1cccc(C(F)(F)F)c1. The van der Waals surface area contributed by atoms with Crippen molar-refractivity contribution in [2.75, 3.05) is 10.8 Å². The number of rotatable bonds is 4. The summed E-state index contributed by atoms with van der Waals surface area (Å²) in [5.41, 5.74) is 1.13. The summed E-state index contributed by atoms with van der Waals surface area (Å²) in [4.78, 5) is 30.0. The molecule has 3 rings (SSSR count). The molecule has 1 aliphatic heterocycles. The zero-order valence-corrected chi connectivity index (χ0v) is 15.3. The molecule has 1 aliphatic rings. The average molecular weight is 411 g/mol. The summed E-state index contributed by atoms with van der Waals surface area (Å²) in [5, 5.41) is 3.62. The van der Waals surface area contributed by atoms with E-state index in [1.807, 2.05) is 6.92 Å². The molecule has 0 N–H and O–H groups in total. The standard InChI is InChI=1S/C19H14ClF3N2O3/c1-11-5-6-15-14(7-11)17(24-28-16(26)9-20)18(27)25(15)10-12-3-2-4-13(8-12)19(21,22)23/h2-8H,9-10H2,1H3/b24-17+. The summed E-state index contributed by atoms with van der Waals surface area (Å²) in [7, 11) is 0. The molecule has 0 saturated carbocycles. The molecule has 0 unspecified atom stereocenters. The fourth-order valence-corrected chi connectivity index (χ4v) is 2.87. The van der Waals surface area contributed by atoms with Crippen LogP contribution < -0.4 is 4.90 Å². The topological polar surface area (TPSA) is 59.0 Å². The van der Waals surface area contributed by atoms with Gasteiger partial charge in [-0.15, -0.1) is 11.6 Å². The van der Waals surface area contributed by atoms with Gasteiger partial charge < -0.3 is 9.74 Å². The van der Waals surface area contributed by atoms with Gasteiger partial charge in [-0.2, -0.15) is 13.2 Å². The minimum absolute atomic E-state index is 0.0959. The van der Waals surface area contributed by atoms with Gasteiger partial charge in [-0.3, -0.25) is 4.79 Å². The molecule has 1 amide bonds. The summed E-state index contributed by atoms with van der Waals surface area (Å²) < 4.78 is 38.9. The first-order valence-corrected chi connectivity index (χ1v) is 8.67. The van der Waals surface area contributed by atoms with Crippen molar-refractivity contribution in [1.29, 1.82) is 0 Å². The minimum Gasteiger partial charge on any atom is -0.316 e. The largest absolute Gasteiger partial charge is 0.416 e. The molecule has 2 aromatic carbocycles. The van der Waals surface area contributed by atoms with E-state index < -0.39 is 29.5 Å². The number of anilines is 1. The van der Waals surface area contributed by atoms with Gasteiger partial charge in [0.15, 0.2) is 5.71 Å². The Hall–Kier alpha value is -2.87. The lowest BCUT2D eigenvalue weighted by molar-refractivity contribution is -0.140. The van der Waals surface area contributed by atoms with Crippen molar-refractivity contribution in [2.45, 2.75) is 19.6 Å². The molecule has 9 heteroatoms. The number of hydrogen-bond acceptors (Lipinski definition) is 4. The van der Waals surface area contributed by atoms with E-state index in [1.165, 1.54) is 17.0 Å². The zero-order valence-electron chi connectivity index (χ0n) is 14.6. The highest BCUT2D eigenvalue weighted by atomic mass is 35.5. The summed E-state index contributed by atoms with van der Waals surface area (Å²) in [6, 6.07) is 9.85. The van der Waals surface area contributed by atoms with Gasteiger partial charge in [0, 0.05) is 5.56 Å². The second-order valence-electron chi connectivity index (χ2n) is 6.15. The molecule has 28 heavy (non-hydrogen) atoms. The lowest BCUT2D eigenvalue weighted by atomic mass is 10.1. The van der Waals surface area contributed by atoms with Crippen LogP contribution in [-0.2, 0) is 27.1 Å². The fraction of sp³-hybridized carbons (Fsp3) is 0.211. The number of benzene rings is 2. The quantitative estimate of drug-likeness (QED) is 0.434. The summed E-state index contributed by atoms with van der Waals surface area (Å²) >= 11 is 5.36. The number of oxime groups is 1. The van der Waals surface area contributed by atoms with E-state index in [0.29, 0.717) is 16.8 Å². The van der Waals surface area contributed by atoms with E-state index in [4.69, 9.17) is 11.6 Å². The molecule has 146 valence electrons. The van der Waals surface area contributed by atoms with E-state index in [2.05, 4.69) is 9.99 Å². The highest BCUT2D eigenvalue weighted by Gasteiger charge is 2.36. The third-order valence-corrected chi connectivity index (χ3v) is 4.31. The first kappa shape index (κ1) is 19.9. The Morgan fingerprint density at radius 3 is 2.64 bits per heavy atom. The van der Waals surface area contributed by atoms with Crippen LogP contribution in [0, 0.1) is 6.92 Å². The van der Waals surface area contributed by atoms with Gasteiger partial charge in [-0.05, 0) is 36.8 Å². The van der Waals surface area contributed by atoms with Crippen LogP contribution >= 0.6 is 11.6 Å². The smallest absolute Gasteiger partial charge is 0.316 e. The third kappa shape index (κ3) is 4.01. The number of hydrogen-bond donors (Lipinski definition) is 0. The van der Waals surface area contributed by atoms with E-state index in [1.54, 1.807) is 18.2 Å². The van der Waals surface area contributed by atoms with Crippen molar-refractivity contribution in [3.63, 3.8) is 0 Å². The van der Waals surface area contributed by atoms with Gasteiger partial charge in [0.05, 0.1) is 17.8 Å². The molecule has 0 bridgehead atoms. The molecule has 5 nitrogen and oxygen atoms in total. The van der Waals surface area contributed by atoms with Gasteiger partial charge in [-0.1, -0.05) is 28.9 Å². The molecule has 0 aliphatic carbocycles. The molecule has 2 aromatic rings. The second-order valence-corrected chi connectivity index (χ2v) is 6.41. The van der Waals surface area contributed by atoms with Crippen LogP contribution in [0.5, 0.6) is 0 Å². The molecular formula is C19H14ClF3N2O3. The van der Waals surface area contributed by atoms with Crippen molar-refractivity contribution in [3.8, 4) is 0 Å². The van der Waals surface area contributed by atoms with Gasteiger partial charge in [0.25, 0.3) is 5.91 Å². The van der Waals surface area contributed by atoms with Gasteiger partial charge >= 0.3 is 12.1 Å². The Bertz CT molecular complexity index is 973. The van der Waals surface area contributed by atoms with E-state index >= 15 is 0 Å². The number of carbonyl (C=O) groups excluding carboxylic acids is 2. The van der Waals surface area contributed by atoms with Crippen molar-refractivity contribution in [1.82, 2.24) is 0 Å². The monoisotopic (exact) mass is 410 g/mol. The van der Waals surface area contributed by atoms with Crippen LogP contribution in [-0.4, -0.2) is 23.5 Å². The average Bonchev–Trinajstić information content (AvgIpc) is 2.90. The van der Waals surface area contributed by atoms with Crippen LogP contribution in [0.1, 0.15) is 22.3 Å². The van der Waals surface area contributed by atoms with Crippen LogP contribution in [0.25, 0.3) is 0 Å². The molecule has 0 saturated heterocycles. The minimum atomic E-state index is -4.48. The Morgan fingerprint density at radius 1 is 1.21 bits per heavy atom. The van der Waals surface area contributed by atoms with Crippen molar-refractivity contribution in [3.05, 3.63) is 64.7 Å². The lowest BCUT2D eigenvalue weighted by Crippen LogP contribution is -2.30. The second kappa shape index (κ2) is 7.63. The Kier molecular flexibility index (Phi) is 5.42. The van der Waals surface area contributed by atoms with Crippen molar-refractivity contribution >= 4 is 34.9 Å². The van der Waals surface area contributed by atoms with Crippen LogP contribution in [0.4, 0.5) is 18.9 Å². The number of aryl methyl sites for hydroxylation is 1. The van der Waals surface area contributed by atoms with Crippen LogP contribution in [0.2, 0.25) is 0 Å². The number of alkyl halides is 4. The van der Waals surface area contributed by atoms with Crippen LogP contribution in [0.3, 0.4) is 0 Å². The van der Waals surface area contributed by atoms with Crippen molar-refractivity contribution < 1.29 is 27.6 Å². The number of carbonyl (C=O) groups is 2. The van der Waals surface area contributed by atoms with E-state index in [0.717, 1.165) is 17.7 Å². The molecular weight excluding hydrogens is 397 g/mol. The predicted molar refractivity (Wildman–Crippen MR) is 97.2 cm³/mol. The fourth-order valence-electron chi connectivity index (χ4n) is 2.82. The molecule has 0 fully saturated rings. The Labute approximate surface area is 163 Å². The predicted octanol–water partition coefficient (Wildman–Crippen LogP) is 4.05. The zero-order chi connectivity index (χ0) is 20.5. The Morgan fingerprint density at radius 2 is 1.96 bits per heavy atom. The normalized spacial score (nSPS) is 15.1. The summed E-state index contributed by atoms with van der Waals surface area (Å²) in [5.74, 6) is -1.84. The number of amides is 1. The summed E-state index contributed by atoms with van der Waals surface area (Å²) in [6.45, 7) is 1.71. The van der Waals surface area contributed by atoms with Gasteiger partial charge in [-0.25, -0.2) is 4.79 Å². The first-order valence-electron chi connectivity index (χ1n) is 8.13. The van der Waals surface area contributed by atoms with Gasteiger partial charge in [0.2, 0.25) is 0 Å². The molecule has 0 aromatic heterocycles. The third-order valence-electron chi connectivity index (χ3n) is 4.09. The van der Waals surface area contributed by atoms with E-state index in [-0.39, 0.29) is 12.3 Å². The highest BCUT2D eigenvalue weighted by molar-refractivity contribution is 6.54. The number of fused-ring (bicyclic) bond motifs is 1.